The number of carbonyl (C=O) groups excluding carboxylic acids is 1. The molecule has 0 heterocycles. The molecule has 17 heavy (non-hydrogen) atoms. The number of fused-ring (bicyclic) bond motifs is 1. The van der Waals surface area contributed by atoms with Gasteiger partial charge in [0, 0.05) is 5.92 Å². The molecule has 1 atom stereocenters. The second-order valence-corrected chi connectivity index (χ2v) is 4.97. The Morgan fingerprint density at radius 2 is 2.18 bits per heavy atom. The van der Waals surface area contributed by atoms with Gasteiger partial charge in [-0.05, 0) is 44.2 Å². The summed E-state index contributed by atoms with van der Waals surface area (Å²) in [5.41, 5.74) is 2.55. The molecular formula is C15H20O2. The predicted molar refractivity (Wildman–Crippen MR) is 68.2 cm³/mol. The molecule has 2 rings (SSSR count). The minimum absolute atomic E-state index is 0.0544. The van der Waals surface area contributed by atoms with Gasteiger partial charge in [0.05, 0.1) is 6.10 Å². The number of ether oxygens (including phenoxy) is 1. The van der Waals surface area contributed by atoms with Gasteiger partial charge < -0.3 is 4.74 Å². The summed E-state index contributed by atoms with van der Waals surface area (Å²) in [6.07, 6.45) is 3.30. The van der Waals surface area contributed by atoms with Gasteiger partial charge >= 0.3 is 0 Å². The molecule has 0 saturated heterocycles. The number of aryl methyl sites for hydroxylation is 1. The Kier molecular flexibility index (Phi) is 3.95. The van der Waals surface area contributed by atoms with Crippen molar-refractivity contribution in [3.63, 3.8) is 0 Å². The molecule has 1 aliphatic carbocycles. The molecule has 1 unspecified atom stereocenters. The summed E-state index contributed by atoms with van der Waals surface area (Å²) < 4.78 is 5.42. The third kappa shape index (κ3) is 2.95. The van der Waals surface area contributed by atoms with E-state index in [1.54, 1.807) is 0 Å². The van der Waals surface area contributed by atoms with E-state index < -0.39 is 0 Å². The summed E-state index contributed by atoms with van der Waals surface area (Å²) in [5, 5.41) is 0. The second-order valence-electron chi connectivity index (χ2n) is 4.97. The van der Waals surface area contributed by atoms with E-state index in [0.29, 0.717) is 0 Å². The summed E-state index contributed by atoms with van der Waals surface area (Å²) in [6, 6.07) is 8.30. The Morgan fingerprint density at radius 1 is 1.41 bits per heavy atom. The Labute approximate surface area is 103 Å². The first kappa shape index (κ1) is 12.3. The van der Waals surface area contributed by atoms with Crippen LogP contribution in [0.15, 0.2) is 24.3 Å². The average Bonchev–Trinajstić information content (AvgIpc) is 2.35. The topological polar surface area (TPSA) is 26.3 Å². The van der Waals surface area contributed by atoms with Gasteiger partial charge in [-0.15, -0.1) is 0 Å². The van der Waals surface area contributed by atoms with Crippen LogP contribution < -0.4 is 0 Å². The summed E-state index contributed by atoms with van der Waals surface area (Å²) in [7, 11) is 0. The molecule has 0 bridgehead atoms. The van der Waals surface area contributed by atoms with Crippen molar-refractivity contribution in [2.45, 2.75) is 45.1 Å². The highest BCUT2D eigenvalue weighted by Gasteiger charge is 2.25. The van der Waals surface area contributed by atoms with Crippen molar-refractivity contribution in [3.05, 3.63) is 35.4 Å². The molecule has 1 aromatic rings. The zero-order valence-electron chi connectivity index (χ0n) is 10.6. The van der Waals surface area contributed by atoms with Gasteiger partial charge in [0.15, 0.2) is 5.78 Å². The normalized spacial score (nSPS) is 19.1. The molecule has 1 aliphatic rings. The summed E-state index contributed by atoms with van der Waals surface area (Å²) in [5.74, 6) is 0.282. The van der Waals surface area contributed by atoms with Crippen molar-refractivity contribution in [2.75, 3.05) is 6.61 Å². The molecular weight excluding hydrogens is 212 g/mol. The van der Waals surface area contributed by atoms with Crippen LogP contribution in [-0.4, -0.2) is 18.5 Å². The van der Waals surface area contributed by atoms with E-state index in [0.717, 1.165) is 19.3 Å². The molecule has 2 nitrogen and oxygen atoms in total. The van der Waals surface area contributed by atoms with E-state index in [1.165, 1.54) is 11.1 Å². The molecule has 2 heteroatoms. The number of ketones is 1. The lowest BCUT2D eigenvalue weighted by Gasteiger charge is -2.24. The first-order chi connectivity index (χ1) is 8.18. The van der Waals surface area contributed by atoms with Gasteiger partial charge in [0.1, 0.15) is 6.61 Å². The summed E-state index contributed by atoms with van der Waals surface area (Å²) in [6.45, 7) is 4.17. The molecule has 0 radical (unpaired) electrons. The minimum Gasteiger partial charge on any atom is -0.371 e. The zero-order chi connectivity index (χ0) is 12.3. The standard InChI is InChI=1S/C15H20O2/c1-11(2)17-10-15(16)14-9-5-7-12-6-3-4-8-13(12)14/h3-4,6,8,11,14H,5,7,9-10H2,1-2H3. The predicted octanol–water partition coefficient (Wildman–Crippen LogP) is 3.10. The molecule has 0 saturated carbocycles. The monoisotopic (exact) mass is 232 g/mol. The van der Waals surface area contributed by atoms with Crippen molar-refractivity contribution >= 4 is 5.78 Å². The average molecular weight is 232 g/mol. The SMILES string of the molecule is CC(C)OCC(=O)C1CCCc2ccccc21. The van der Waals surface area contributed by atoms with E-state index in [1.807, 2.05) is 19.9 Å². The van der Waals surface area contributed by atoms with E-state index in [-0.39, 0.29) is 24.4 Å². The Bertz CT molecular complexity index is 396. The fourth-order valence-corrected chi connectivity index (χ4v) is 2.44. The number of hydrogen-bond acceptors (Lipinski definition) is 2. The van der Waals surface area contributed by atoms with Gasteiger partial charge in [-0.1, -0.05) is 24.3 Å². The van der Waals surface area contributed by atoms with Crippen LogP contribution in [0.2, 0.25) is 0 Å². The number of Topliss-reactive ketones (excluding diaryl/α,β-unsaturated/α-hetero) is 1. The van der Waals surface area contributed by atoms with Crippen LogP contribution in [0.3, 0.4) is 0 Å². The third-order valence-electron chi connectivity index (χ3n) is 3.32. The van der Waals surface area contributed by atoms with Gasteiger partial charge in [-0.2, -0.15) is 0 Å². The number of benzene rings is 1. The highest BCUT2D eigenvalue weighted by atomic mass is 16.5. The van der Waals surface area contributed by atoms with Crippen LogP contribution in [0.4, 0.5) is 0 Å². The van der Waals surface area contributed by atoms with Crippen LogP contribution in [0.1, 0.15) is 43.7 Å². The molecule has 0 N–H and O–H groups in total. The van der Waals surface area contributed by atoms with E-state index in [9.17, 15) is 4.79 Å². The smallest absolute Gasteiger partial charge is 0.165 e. The van der Waals surface area contributed by atoms with Crippen molar-refractivity contribution in [2.24, 2.45) is 0 Å². The third-order valence-corrected chi connectivity index (χ3v) is 3.32. The molecule has 0 fully saturated rings. The summed E-state index contributed by atoms with van der Waals surface area (Å²) in [4.78, 5) is 12.1. The maximum Gasteiger partial charge on any atom is 0.165 e. The molecule has 0 spiro atoms. The molecule has 0 amide bonds. The lowest BCUT2D eigenvalue weighted by molar-refractivity contribution is -0.126. The molecule has 92 valence electrons. The quantitative estimate of drug-likeness (QED) is 0.797. The van der Waals surface area contributed by atoms with Gasteiger partial charge in [0.25, 0.3) is 0 Å². The fraction of sp³-hybridized carbons (Fsp3) is 0.533. The first-order valence-electron chi connectivity index (χ1n) is 6.40. The minimum atomic E-state index is 0.0544. The second kappa shape index (κ2) is 5.46. The van der Waals surface area contributed by atoms with Crippen molar-refractivity contribution in [3.8, 4) is 0 Å². The number of carbonyl (C=O) groups is 1. The van der Waals surface area contributed by atoms with Crippen molar-refractivity contribution in [1.82, 2.24) is 0 Å². The van der Waals surface area contributed by atoms with E-state index in [2.05, 4.69) is 18.2 Å². The van der Waals surface area contributed by atoms with Crippen LogP contribution in [0.25, 0.3) is 0 Å². The van der Waals surface area contributed by atoms with Crippen molar-refractivity contribution in [1.29, 1.82) is 0 Å². The highest BCUT2D eigenvalue weighted by Crippen LogP contribution is 2.32. The number of rotatable bonds is 4. The molecule has 0 aromatic heterocycles. The van der Waals surface area contributed by atoms with Crippen molar-refractivity contribution < 1.29 is 9.53 Å². The van der Waals surface area contributed by atoms with E-state index in [4.69, 9.17) is 4.74 Å². The Balaban J connectivity index is 2.10. The highest BCUT2D eigenvalue weighted by molar-refractivity contribution is 5.87. The van der Waals surface area contributed by atoms with Gasteiger partial charge in [0.2, 0.25) is 0 Å². The van der Waals surface area contributed by atoms with Crippen LogP contribution in [0, 0.1) is 0 Å². The largest absolute Gasteiger partial charge is 0.371 e. The molecule has 0 aliphatic heterocycles. The zero-order valence-corrected chi connectivity index (χ0v) is 10.6. The maximum atomic E-state index is 12.1. The molecule has 1 aromatic carbocycles. The van der Waals surface area contributed by atoms with Crippen LogP contribution in [0.5, 0.6) is 0 Å². The number of hydrogen-bond donors (Lipinski definition) is 0. The van der Waals surface area contributed by atoms with Gasteiger partial charge in [-0.25, -0.2) is 0 Å². The first-order valence-corrected chi connectivity index (χ1v) is 6.40. The Hall–Kier alpha value is -1.15. The lowest BCUT2D eigenvalue weighted by Crippen LogP contribution is -2.23. The van der Waals surface area contributed by atoms with Crippen LogP contribution in [-0.2, 0) is 16.0 Å². The Morgan fingerprint density at radius 3 is 2.94 bits per heavy atom. The van der Waals surface area contributed by atoms with E-state index >= 15 is 0 Å². The lowest BCUT2D eigenvalue weighted by atomic mass is 9.81. The van der Waals surface area contributed by atoms with Crippen LogP contribution >= 0.6 is 0 Å². The maximum absolute atomic E-state index is 12.1. The van der Waals surface area contributed by atoms with Gasteiger partial charge in [-0.3, -0.25) is 4.79 Å². The fourth-order valence-electron chi connectivity index (χ4n) is 2.44. The summed E-state index contributed by atoms with van der Waals surface area (Å²) >= 11 is 0.